The van der Waals surface area contributed by atoms with Crippen LogP contribution in [0.2, 0.25) is 10.0 Å². The number of halogens is 2. The summed E-state index contributed by atoms with van der Waals surface area (Å²) in [5.41, 5.74) is 0.493. The Bertz CT molecular complexity index is 624. The molecule has 0 amide bonds. The lowest BCUT2D eigenvalue weighted by Gasteiger charge is -2.09. The summed E-state index contributed by atoms with van der Waals surface area (Å²) in [6.07, 6.45) is 0.533. The van der Waals surface area contributed by atoms with Gasteiger partial charge in [0, 0.05) is 5.02 Å². The third kappa shape index (κ3) is 3.13. The van der Waals surface area contributed by atoms with Crippen molar-refractivity contribution in [2.24, 2.45) is 0 Å². The molecule has 0 saturated carbocycles. The van der Waals surface area contributed by atoms with Crippen molar-refractivity contribution < 1.29 is 14.3 Å². The molecule has 0 N–H and O–H groups in total. The van der Waals surface area contributed by atoms with Crippen LogP contribution in [0, 0.1) is 0 Å². The third-order valence-corrected chi connectivity index (χ3v) is 2.87. The first-order valence-corrected chi connectivity index (χ1v) is 6.09. The second kappa shape index (κ2) is 5.87. The molecule has 3 nitrogen and oxygen atoms in total. The van der Waals surface area contributed by atoms with Gasteiger partial charge in [-0.25, -0.2) is 4.79 Å². The smallest absolute Gasteiger partial charge is 0.343 e. The van der Waals surface area contributed by atoms with Crippen LogP contribution < -0.4 is 4.74 Å². The number of esters is 1. The SMILES string of the molecule is O=Cc1cc(Cl)cc(Cl)c1OC(=O)c1ccccc1. The zero-order chi connectivity index (χ0) is 13.8. The summed E-state index contributed by atoms with van der Waals surface area (Å²) < 4.78 is 5.15. The van der Waals surface area contributed by atoms with Gasteiger partial charge < -0.3 is 4.74 Å². The van der Waals surface area contributed by atoms with E-state index < -0.39 is 5.97 Å². The summed E-state index contributed by atoms with van der Waals surface area (Å²) in [7, 11) is 0. The highest BCUT2D eigenvalue weighted by molar-refractivity contribution is 6.36. The van der Waals surface area contributed by atoms with E-state index in [2.05, 4.69) is 0 Å². The van der Waals surface area contributed by atoms with E-state index in [0.29, 0.717) is 16.9 Å². The summed E-state index contributed by atoms with van der Waals surface area (Å²) in [5.74, 6) is -0.581. The van der Waals surface area contributed by atoms with Crippen molar-refractivity contribution in [1.29, 1.82) is 0 Å². The maximum absolute atomic E-state index is 11.9. The Kier molecular flexibility index (Phi) is 4.20. The lowest BCUT2D eigenvalue weighted by Crippen LogP contribution is -2.10. The van der Waals surface area contributed by atoms with E-state index in [0.717, 1.165) is 0 Å². The Morgan fingerprint density at radius 1 is 1.11 bits per heavy atom. The summed E-state index contributed by atoms with van der Waals surface area (Å²) in [6, 6.07) is 11.2. The van der Waals surface area contributed by atoms with E-state index in [-0.39, 0.29) is 16.3 Å². The van der Waals surface area contributed by atoms with Crippen molar-refractivity contribution >= 4 is 35.5 Å². The fraction of sp³-hybridized carbons (Fsp3) is 0. The third-order valence-electron chi connectivity index (χ3n) is 2.37. The van der Waals surface area contributed by atoms with E-state index in [1.165, 1.54) is 12.1 Å². The predicted molar refractivity (Wildman–Crippen MR) is 73.3 cm³/mol. The fourth-order valence-corrected chi connectivity index (χ4v) is 2.05. The molecule has 0 unspecified atom stereocenters. The molecule has 96 valence electrons. The normalized spacial score (nSPS) is 10.0. The van der Waals surface area contributed by atoms with Crippen molar-refractivity contribution in [2.45, 2.75) is 0 Å². The number of benzene rings is 2. The lowest BCUT2D eigenvalue weighted by atomic mass is 10.2. The highest BCUT2D eigenvalue weighted by Crippen LogP contribution is 2.32. The van der Waals surface area contributed by atoms with Crippen molar-refractivity contribution in [2.75, 3.05) is 0 Å². The molecule has 0 fully saturated rings. The predicted octanol–water partition coefficient (Wildman–Crippen LogP) is 4.03. The van der Waals surface area contributed by atoms with Crippen LogP contribution in [0.1, 0.15) is 20.7 Å². The van der Waals surface area contributed by atoms with Crippen LogP contribution in [0.25, 0.3) is 0 Å². The largest absolute Gasteiger partial charge is 0.421 e. The van der Waals surface area contributed by atoms with Crippen molar-refractivity contribution in [3.63, 3.8) is 0 Å². The van der Waals surface area contributed by atoms with Crippen molar-refractivity contribution in [1.82, 2.24) is 0 Å². The van der Waals surface area contributed by atoms with E-state index >= 15 is 0 Å². The number of rotatable bonds is 3. The van der Waals surface area contributed by atoms with E-state index in [1.807, 2.05) is 0 Å². The first-order chi connectivity index (χ1) is 9.11. The lowest BCUT2D eigenvalue weighted by molar-refractivity contribution is 0.0733. The van der Waals surface area contributed by atoms with Crippen LogP contribution in [0.15, 0.2) is 42.5 Å². The van der Waals surface area contributed by atoms with Gasteiger partial charge in [-0.1, -0.05) is 41.4 Å². The van der Waals surface area contributed by atoms with Gasteiger partial charge in [-0.05, 0) is 24.3 Å². The molecule has 2 aromatic carbocycles. The minimum Gasteiger partial charge on any atom is -0.421 e. The van der Waals surface area contributed by atoms with Crippen LogP contribution in [0.3, 0.4) is 0 Å². The molecule has 0 atom stereocenters. The first kappa shape index (κ1) is 13.6. The van der Waals surface area contributed by atoms with Crippen LogP contribution in [-0.4, -0.2) is 12.3 Å². The van der Waals surface area contributed by atoms with Gasteiger partial charge in [0.25, 0.3) is 0 Å². The fourth-order valence-electron chi connectivity index (χ4n) is 1.50. The molecule has 2 rings (SSSR count). The number of carbonyl (C=O) groups is 2. The standard InChI is InChI=1S/C14H8Cl2O3/c15-11-6-10(8-17)13(12(16)7-11)19-14(18)9-4-2-1-3-5-9/h1-8H. The second-order valence-electron chi connectivity index (χ2n) is 3.68. The molecule has 0 bridgehead atoms. The maximum Gasteiger partial charge on any atom is 0.343 e. The second-order valence-corrected chi connectivity index (χ2v) is 4.52. The molecule has 2 aromatic rings. The molecule has 5 heteroatoms. The summed E-state index contributed by atoms with van der Waals surface area (Å²) in [5, 5.41) is 0.408. The molecule has 19 heavy (non-hydrogen) atoms. The van der Waals surface area contributed by atoms with E-state index in [9.17, 15) is 9.59 Å². The van der Waals surface area contributed by atoms with Gasteiger partial charge >= 0.3 is 5.97 Å². The number of hydrogen-bond acceptors (Lipinski definition) is 3. The van der Waals surface area contributed by atoms with Gasteiger partial charge in [-0.2, -0.15) is 0 Å². The minimum absolute atomic E-state index is 0.00918. The van der Waals surface area contributed by atoms with Gasteiger partial charge in [-0.15, -0.1) is 0 Å². The Hall–Kier alpha value is -1.84. The zero-order valence-electron chi connectivity index (χ0n) is 9.60. The highest BCUT2D eigenvalue weighted by Gasteiger charge is 2.15. The molecule has 0 aliphatic rings. The highest BCUT2D eigenvalue weighted by atomic mass is 35.5. The summed E-state index contributed by atoms with van der Waals surface area (Å²) in [6.45, 7) is 0. The Morgan fingerprint density at radius 3 is 2.42 bits per heavy atom. The molecule has 0 aliphatic heterocycles. The Morgan fingerprint density at radius 2 is 1.79 bits per heavy atom. The van der Waals surface area contributed by atoms with Gasteiger partial charge in [0.05, 0.1) is 16.1 Å². The molecule has 0 radical (unpaired) electrons. The van der Waals surface area contributed by atoms with Gasteiger partial charge in [0.15, 0.2) is 12.0 Å². The summed E-state index contributed by atoms with van der Waals surface area (Å²) in [4.78, 5) is 22.8. The topological polar surface area (TPSA) is 43.4 Å². The van der Waals surface area contributed by atoms with Crippen LogP contribution in [0.5, 0.6) is 5.75 Å². The average molecular weight is 295 g/mol. The Balaban J connectivity index is 2.34. The number of aldehydes is 1. The molecule has 0 heterocycles. The number of hydrogen-bond donors (Lipinski definition) is 0. The first-order valence-electron chi connectivity index (χ1n) is 5.33. The van der Waals surface area contributed by atoms with Crippen molar-refractivity contribution in [3.05, 3.63) is 63.6 Å². The summed E-state index contributed by atoms with van der Waals surface area (Å²) >= 11 is 11.7. The van der Waals surface area contributed by atoms with E-state index in [4.69, 9.17) is 27.9 Å². The van der Waals surface area contributed by atoms with Crippen LogP contribution in [0.4, 0.5) is 0 Å². The average Bonchev–Trinajstić information content (AvgIpc) is 2.42. The quantitative estimate of drug-likeness (QED) is 0.488. The van der Waals surface area contributed by atoms with E-state index in [1.54, 1.807) is 30.3 Å². The van der Waals surface area contributed by atoms with Crippen LogP contribution >= 0.6 is 23.2 Å². The molecular formula is C14H8Cl2O3. The van der Waals surface area contributed by atoms with Gasteiger partial charge in [0.1, 0.15) is 0 Å². The monoisotopic (exact) mass is 294 g/mol. The number of ether oxygens (including phenoxy) is 1. The molecule has 0 aliphatic carbocycles. The van der Waals surface area contributed by atoms with Crippen LogP contribution in [-0.2, 0) is 0 Å². The van der Waals surface area contributed by atoms with Gasteiger partial charge in [0.2, 0.25) is 0 Å². The molecular weight excluding hydrogens is 287 g/mol. The minimum atomic E-state index is -0.590. The molecule has 0 spiro atoms. The zero-order valence-corrected chi connectivity index (χ0v) is 11.1. The van der Waals surface area contributed by atoms with Crippen molar-refractivity contribution in [3.8, 4) is 5.75 Å². The Labute approximate surface area is 119 Å². The molecule has 0 aromatic heterocycles. The maximum atomic E-state index is 11.9. The van der Waals surface area contributed by atoms with Gasteiger partial charge in [-0.3, -0.25) is 4.79 Å². The number of carbonyl (C=O) groups excluding carboxylic acids is 2. The molecule has 0 saturated heterocycles.